The number of carbonyl (C=O) groups excluding carboxylic acids is 2. The molecule has 0 spiro atoms. The maximum atomic E-state index is 11.7. The number of hydrogen-bond donors (Lipinski definition) is 0. The molecule has 6 heteroatoms. The molecule has 20 heavy (non-hydrogen) atoms. The van der Waals surface area contributed by atoms with Crippen LogP contribution >= 0.6 is 0 Å². The molecule has 6 nitrogen and oxygen atoms in total. The molecule has 0 N–H and O–H groups in total. The van der Waals surface area contributed by atoms with Gasteiger partial charge in [0.25, 0.3) is 0 Å². The predicted octanol–water partition coefficient (Wildman–Crippen LogP) is 1.82. The van der Waals surface area contributed by atoms with E-state index < -0.39 is 5.60 Å². The SMILES string of the molecule is COCCOC(=O)CCC1CN(C(=O)OC(C)(C)C)C1. The maximum absolute atomic E-state index is 11.7. The molecule has 0 atom stereocenters. The number of ether oxygens (including phenoxy) is 3. The zero-order valence-electron chi connectivity index (χ0n) is 12.8. The van der Waals surface area contributed by atoms with Crippen molar-refractivity contribution in [3.05, 3.63) is 0 Å². The largest absolute Gasteiger partial charge is 0.463 e. The third-order valence-electron chi connectivity index (χ3n) is 2.92. The van der Waals surface area contributed by atoms with Crippen LogP contribution in [0.1, 0.15) is 33.6 Å². The van der Waals surface area contributed by atoms with Gasteiger partial charge in [-0.1, -0.05) is 0 Å². The van der Waals surface area contributed by atoms with E-state index in [-0.39, 0.29) is 12.1 Å². The molecule has 1 fully saturated rings. The van der Waals surface area contributed by atoms with Crippen LogP contribution in [0.4, 0.5) is 4.79 Å². The molecule has 1 amide bonds. The lowest BCUT2D eigenvalue weighted by Gasteiger charge is -2.39. The zero-order valence-corrected chi connectivity index (χ0v) is 12.8. The Morgan fingerprint density at radius 2 is 1.85 bits per heavy atom. The summed E-state index contributed by atoms with van der Waals surface area (Å²) in [5.41, 5.74) is -0.465. The minimum absolute atomic E-state index is 0.210. The summed E-state index contributed by atoms with van der Waals surface area (Å²) in [7, 11) is 1.56. The van der Waals surface area contributed by atoms with Crippen molar-refractivity contribution >= 4 is 12.1 Å². The second kappa shape index (κ2) is 7.47. The first-order chi connectivity index (χ1) is 9.31. The van der Waals surface area contributed by atoms with E-state index in [2.05, 4.69) is 0 Å². The molecular formula is C14H25NO5. The van der Waals surface area contributed by atoms with Crippen molar-refractivity contribution in [1.29, 1.82) is 0 Å². The summed E-state index contributed by atoms with van der Waals surface area (Å²) in [6.07, 6.45) is 0.846. The number of hydrogen-bond acceptors (Lipinski definition) is 5. The first-order valence-corrected chi connectivity index (χ1v) is 6.94. The lowest BCUT2D eigenvalue weighted by molar-refractivity contribution is -0.145. The number of nitrogens with zero attached hydrogens (tertiary/aromatic N) is 1. The number of likely N-dealkylation sites (tertiary alicyclic amines) is 1. The fourth-order valence-electron chi connectivity index (χ4n) is 1.86. The molecule has 1 aliphatic rings. The molecular weight excluding hydrogens is 262 g/mol. The molecule has 116 valence electrons. The standard InChI is InChI=1S/C14H25NO5/c1-14(2,3)20-13(17)15-9-11(10-15)5-6-12(16)19-8-7-18-4/h11H,5-10H2,1-4H3. The lowest BCUT2D eigenvalue weighted by atomic mass is 9.95. The minimum Gasteiger partial charge on any atom is -0.463 e. The van der Waals surface area contributed by atoms with Crippen molar-refractivity contribution in [2.45, 2.75) is 39.2 Å². The van der Waals surface area contributed by atoms with Crippen LogP contribution in [0.3, 0.4) is 0 Å². The molecule has 0 aromatic carbocycles. The van der Waals surface area contributed by atoms with Crippen LogP contribution in [0.5, 0.6) is 0 Å². The van der Waals surface area contributed by atoms with Crippen LogP contribution in [-0.4, -0.2) is 56.0 Å². The molecule has 0 aromatic heterocycles. The predicted molar refractivity (Wildman–Crippen MR) is 73.4 cm³/mol. The Morgan fingerprint density at radius 1 is 1.20 bits per heavy atom. The van der Waals surface area contributed by atoms with Gasteiger partial charge in [0.15, 0.2) is 0 Å². The Labute approximate surface area is 120 Å². The third kappa shape index (κ3) is 6.23. The van der Waals surface area contributed by atoms with E-state index in [0.717, 1.165) is 6.42 Å². The van der Waals surface area contributed by atoms with Gasteiger partial charge in [-0.3, -0.25) is 4.79 Å². The Morgan fingerprint density at radius 3 is 2.40 bits per heavy atom. The lowest BCUT2D eigenvalue weighted by Crippen LogP contribution is -2.51. The zero-order chi connectivity index (χ0) is 15.2. The van der Waals surface area contributed by atoms with E-state index in [4.69, 9.17) is 14.2 Å². The number of rotatable bonds is 6. The van der Waals surface area contributed by atoms with Gasteiger partial charge in [0, 0.05) is 26.6 Å². The first-order valence-electron chi connectivity index (χ1n) is 6.94. The van der Waals surface area contributed by atoms with Gasteiger partial charge < -0.3 is 19.1 Å². The highest BCUT2D eigenvalue weighted by atomic mass is 16.6. The Balaban J connectivity index is 2.10. The van der Waals surface area contributed by atoms with Crippen molar-refractivity contribution in [2.75, 3.05) is 33.4 Å². The van der Waals surface area contributed by atoms with Crippen LogP contribution in [-0.2, 0) is 19.0 Å². The summed E-state index contributed by atoms with van der Waals surface area (Å²) in [5, 5.41) is 0. The van der Waals surface area contributed by atoms with E-state index >= 15 is 0 Å². The van der Waals surface area contributed by atoms with E-state index in [1.165, 1.54) is 0 Å². The fraction of sp³-hybridized carbons (Fsp3) is 0.857. The average Bonchev–Trinajstić information content (AvgIpc) is 2.24. The van der Waals surface area contributed by atoms with E-state index in [0.29, 0.717) is 38.6 Å². The molecule has 1 saturated heterocycles. The highest BCUT2D eigenvalue weighted by Crippen LogP contribution is 2.23. The summed E-state index contributed by atoms with van der Waals surface area (Å²) in [6.45, 7) is 7.56. The smallest absolute Gasteiger partial charge is 0.410 e. The van der Waals surface area contributed by atoms with Gasteiger partial charge in [-0.15, -0.1) is 0 Å². The topological polar surface area (TPSA) is 65.1 Å². The quantitative estimate of drug-likeness (QED) is 0.551. The molecule has 0 bridgehead atoms. The molecule has 0 aromatic rings. The second-order valence-electron chi connectivity index (χ2n) is 6.00. The Kier molecular flexibility index (Phi) is 6.26. The first kappa shape index (κ1) is 16.8. The number of carbonyl (C=O) groups is 2. The van der Waals surface area contributed by atoms with Crippen LogP contribution < -0.4 is 0 Å². The summed E-state index contributed by atoms with van der Waals surface area (Å²) >= 11 is 0. The van der Waals surface area contributed by atoms with E-state index in [1.54, 1.807) is 12.0 Å². The maximum Gasteiger partial charge on any atom is 0.410 e. The van der Waals surface area contributed by atoms with Crippen molar-refractivity contribution in [3.8, 4) is 0 Å². The van der Waals surface area contributed by atoms with Crippen molar-refractivity contribution in [3.63, 3.8) is 0 Å². The van der Waals surface area contributed by atoms with Gasteiger partial charge in [0.1, 0.15) is 12.2 Å². The molecule has 0 saturated carbocycles. The van der Waals surface area contributed by atoms with Gasteiger partial charge >= 0.3 is 12.1 Å². The third-order valence-corrected chi connectivity index (χ3v) is 2.92. The molecule has 1 rings (SSSR count). The van der Waals surface area contributed by atoms with Gasteiger partial charge in [0.05, 0.1) is 6.61 Å². The van der Waals surface area contributed by atoms with Gasteiger partial charge in [-0.25, -0.2) is 4.79 Å². The number of esters is 1. The fourth-order valence-corrected chi connectivity index (χ4v) is 1.86. The normalized spacial score (nSPS) is 15.7. The summed E-state index contributed by atoms with van der Waals surface area (Å²) in [5.74, 6) is 0.148. The summed E-state index contributed by atoms with van der Waals surface area (Å²) in [4.78, 5) is 24.7. The molecule has 1 heterocycles. The minimum atomic E-state index is -0.465. The van der Waals surface area contributed by atoms with Crippen molar-refractivity contribution in [1.82, 2.24) is 4.90 Å². The van der Waals surface area contributed by atoms with Crippen molar-refractivity contribution < 1.29 is 23.8 Å². The monoisotopic (exact) mass is 287 g/mol. The second-order valence-corrected chi connectivity index (χ2v) is 6.00. The summed E-state index contributed by atoms with van der Waals surface area (Å²) in [6, 6.07) is 0. The number of methoxy groups -OCH3 is 1. The highest BCUT2D eigenvalue weighted by molar-refractivity contribution is 5.70. The van der Waals surface area contributed by atoms with Crippen LogP contribution in [0.15, 0.2) is 0 Å². The van der Waals surface area contributed by atoms with Gasteiger partial charge in [-0.2, -0.15) is 0 Å². The van der Waals surface area contributed by atoms with Crippen molar-refractivity contribution in [2.24, 2.45) is 5.92 Å². The van der Waals surface area contributed by atoms with Crippen LogP contribution in [0, 0.1) is 5.92 Å². The Bertz CT molecular complexity index is 331. The van der Waals surface area contributed by atoms with E-state index in [9.17, 15) is 9.59 Å². The average molecular weight is 287 g/mol. The van der Waals surface area contributed by atoms with Gasteiger partial charge in [0.2, 0.25) is 0 Å². The van der Waals surface area contributed by atoms with Crippen LogP contribution in [0.2, 0.25) is 0 Å². The molecule has 0 unspecified atom stereocenters. The highest BCUT2D eigenvalue weighted by Gasteiger charge is 2.33. The van der Waals surface area contributed by atoms with E-state index in [1.807, 2.05) is 20.8 Å². The molecule has 1 aliphatic heterocycles. The number of amides is 1. The molecule has 0 aliphatic carbocycles. The summed E-state index contributed by atoms with van der Waals surface area (Å²) < 4.78 is 15.0. The van der Waals surface area contributed by atoms with Crippen LogP contribution in [0.25, 0.3) is 0 Å². The Hall–Kier alpha value is -1.30. The van der Waals surface area contributed by atoms with Gasteiger partial charge in [-0.05, 0) is 33.1 Å². The molecule has 0 radical (unpaired) electrons.